The van der Waals surface area contributed by atoms with E-state index >= 15 is 0 Å². The minimum Gasteiger partial charge on any atom is -0.497 e. The summed E-state index contributed by atoms with van der Waals surface area (Å²) < 4.78 is 7.54. The Morgan fingerprint density at radius 3 is 2.45 bits per heavy atom. The Hall–Kier alpha value is -3.84. The van der Waals surface area contributed by atoms with Crippen molar-refractivity contribution in [2.24, 2.45) is 5.73 Å². The van der Waals surface area contributed by atoms with Crippen molar-refractivity contribution in [3.8, 4) is 5.75 Å². The molecule has 0 saturated carbocycles. The molecule has 0 bridgehead atoms. The Morgan fingerprint density at radius 2 is 1.73 bits per heavy atom. The molecule has 0 fully saturated rings. The molecule has 0 spiro atoms. The van der Waals surface area contributed by atoms with Gasteiger partial charge in [0.1, 0.15) is 5.75 Å². The Labute approximate surface area is 191 Å². The van der Waals surface area contributed by atoms with Crippen LogP contribution in [-0.2, 0) is 16.1 Å². The summed E-state index contributed by atoms with van der Waals surface area (Å²) in [4.78, 5) is 29.3. The number of imide groups is 1. The third-order valence-corrected chi connectivity index (χ3v) is 6.14. The maximum Gasteiger partial charge on any atom is 0.259 e. The molecule has 7 nitrogen and oxygen atoms in total. The van der Waals surface area contributed by atoms with Gasteiger partial charge >= 0.3 is 0 Å². The topological polar surface area (TPSA) is 102 Å². The van der Waals surface area contributed by atoms with E-state index in [1.54, 1.807) is 13.3 Å². The van der Waals surface area contributed by atoms with Crippen molar-refractivity contribution < 1.29 is 14.3 Å². The lowest BCUT2D eigenvalue weighted by Gasteiger charge is -2.18. The zero-order valence-corrected chi connectivity index (χ0v) is 18.9. The lowest BCUT2D eigenvalue weighted by Crippen LogP contribution is -2.33. The average molecular weight is 443 g/mol. The molecule has 168 valence electrons. The molecule has 0 unspecified atom stereocenters. The van der Waals surface area contributed by atoms with E-state index in [-0.39, 0.29) is 5.54 Å². The van der Waals surface area contributed by atoms with Gasteiger partial charge in [0, 0.05) is 57.4 Å². The van der Waals surface area contributed by atoms with Gasteiger partial charge in [-0.05, 0) is 44.5 Å². The van der Waals surface area contributed by atoms with Gasteiger partial charge in [-0.25, -0.2) is 0 Å². The van der Waals surface area contributed by atoms with E-state index in [1.807, 2.05) is 62.5 Å². The first-order valence-electron chi connectivity index (χ1n) is 10.9. The molecule has 2 aromatic heterocycles. The van der Waals surface area contributed by atoms with E-state index in [4.69, 9.17) is 10.5 Å². The zero-order valence-electron chi connectivity index (χ0n) is 18.9. The number of aryl methyl sites for hydroxylation is 1. The van der Waals surface area contributed by atoms with Crippen molar-refractivity contribution in [1.29, 1.82) is 0 Å². The number of H-pyrrole nitrogens is 1. The molecule has 0 radical (unpaired) electrons. The number of para-hydroxylation sites is 1. The third kappa shape index (κ3) is 3.60. The first-order valence-corrected chi connectivity index (χ1v) is 10.9. The van der Waals surface area contributed by atoms with E-state index < -0.39 is 11.8 Å². The van der Waals surface area contributed by atoms with Gasteiger partial charge in [-0.3, -0.25) is 14.9 Å². The highest BCUT2D eigenvalue weighted by Crippen LogP contribution is 2.39. The van der Waals surface area contributed by atoms with Gasteiger partial charge in [0.15, 0.2) is 0 Å². The molecule has 4 N–H and O–H groups in total. The lowest BCUT2D eigenvalue weighted by atomic mass is 9.95. The van der Waals surface area contributed by atoms with Crippen LogP contribution in [-0.4, -0.2) is 34.0 Å². The molecular formula is C26H26N4O3. The summed E-state index contributed by atoms with van der Waals surface area (Å²) in [5, 5.41) is 4.24. The van der Waals surface area contributed by atoms with Crippen LogP contribution in [0, 0.1) is 0 Å². The van der Waals surface area contributed by atoms with Crippen LogP contribution in [0.15, 0.2) is 54.9 Å². The smallest absolute Gasteiger partial charge is 0.259 e. The molecule has 2 amide bonds. The number of aromatic amines is 1. The van der Waals surface area contributed by atoms with Crippen molar-refractivity contribution in [3.63, 3.8) is 0 Å². The summed E-state index contributed by atoms with van der Waals surface area (Å²) in [5.74, 6) is -0.118. The summed E-state index contributed by atoms with van der Waals surface area (Å²) in [7, 11) is 1.61. The summed E-state index contributed by atoms with van der Waals surface area (Å²) in [5.41, 5.74) is 9.89. The van der Waals surface area contributed by atoms with Crippen LogP contribution in [0.2, 0.25) is 0 Å². The number of carbonyl (C=O) groups is 2. The largest absolute Gasteiger partial charge is 0.497 e. The van der Waals surface area contributed by atoms with E-state index in [1.165, 1.54) is 0 Å². The number of nitrogens with zero attached hydrogens (tertiary/aromatic N) is 1. The molecule has 3 heterocycles. The number of benzene rings is 2. The van der Waals surface area contributed by atoms with Gasteiger partial charge in [0.2, 0.25) is 0 Å². The van der Waals surface area contributed by atoms with Crippen molar-refractivity contribution in [2.45, 2.75) is 32.4 Å². The summed E-state index contributed by atoms with van der Waals surface area (Å²) in [6.45, 7) is 4.66. The molecule has 0 saturated heterocycles. The lowest BCUT2D eigenvalue weighted by molar-refractivity contribution is -0.122. The minimum atomic E-state index is -0.402. The van der Waals surface area contributed by atoms with Crippen LogP contribution >= 0.6 is 0 Å². The molecule has 2 aromatic carbocycles. The quantitative estimate of drug-likeness (QED) is 0.395. The van der Waals surface area contributed by atoms with Crippen LogP contribution in [0.3, 0.4) is 0 Å². The fourth-order valence-electron chi connectivity index (χ4n) is 4.44. The van der Waals surface area contributed by atoms with E-state index in [9.17, 15) is 9.59 Å². The van der Waals surface area contributed by atoms with Crippen molar-refractivity contribution in [3.05, 3.63) is 66.0 Å². The number of ether oxygens (including phenoxy) is 1. The highest BCUT2D eigenvalue weighted by molar-refractivity contribution is 6.50. The van der Waals surface area contributed by atoms with Gasteiger partial charge in [0.25, 0.3) is 11.8 Å². The zero-order chi connectivity index (χ0) is 23.3. The molecule has 5 rings (SSSR count). The number of aromatic nitrogens is 2. The monoisotopic (exact) mass is 442 g/mol. The van der Waals surface area contributed by atoms with Gasteiger partial charge in [-0.1, -0.05) is 18.2 Å². The second-order valence-corrected chi connectivity index (χ2v) is 9.14. The number of rotatable bonds is 6. The predicted molar refractivity (Wildman–Crippen MR) is 130 cm³/mol. The van der Waals surface area contributed by atoms with E-state index in [0.717, 1.165) is 28.2 Å². The summed E-state index contributed by atoms with van der Waals surface area (Å²) in [6.07, 6.45) is 4.48. The number of carbonyl (C=O) groups excluding carboxylic acids is 2. The normalized spacial score (nSPS) is 14.5. The van der Waals surface area contributed by atoms with Crippen molar-refractivity contribution >= 4 is 44.8 Å². The van der Waals surface area contributed by atoms with Gasteiger partial charge in [-0.15, -0.1) is 0 Å². The summed E-state index contributed by atoms with van der Waals surface area (Å²) >= 11 is 0. The molecule has 33 heavy (non-hydrogen) atoms. The number of hydrogen-bond donors (Lipinski definition) is 3. The number of nitrogens with two attached hydrogens (primary N) is 1. The second-order valence-electron chi connectivity index (χ2n) is 9.14. The Bertz CT molecular complexity index is 1450. The molecular weight excluding hydrogens is 416 g/mol. The molecule has 0 aliphatic carbocycles. The average Bonchev–Trinajstić information content (AvgIpc) is 3.44. The molecule has 0 atom stereocenters. The van der Waals surface area contributed by atoms with Gasteiger partial charge < -0.3 is 20.0 Å². The van der Waals surface area contributed by atoms with Crippen LogP contribution in [0.5, 0.6) is 5.75 Å². The van der Waals surface area contributed by atoms with Crippen molar-refractivity contribution in [2.75, 3.05) is 7.11 Å². The fraction of sp³-hybridized carbons (Fsp3) is 0.231. The maximum absolute atomic E-state index is 13.1. The first-order chi connectivity index (χ1) is 15.8. The fourth-order valence-corrected chi connectivity index (χ4v) is 4.44. The minimum absolute atomic E-state index is 0.335. The number of methoxy groups -OCH3 is 1. The number of amides is 2. The predicted octanol–water partition coefficient (Wildman–Crippen LogP) is 3.83. The Kier molecular flexibility index (Phi) is 4.87. The number of nitrogens with one attached hydrogen (secondary N) is 2. The van der Waals surface area contributed by atoms with E-state index in [2.05, 4.69) is 14.9 Å². The second kappa shape index (κ2) is 7.64. The Balaban J connectivity index is 1.77. The van der Waals surface area contributed by atoms with Crippen LogP contribution in [0.1, 0.15) is 31.4 Å². The van der Waals surface area contributed by atoms with Crippen LogP contribution in [0.4, 0.5) is 0 Å². The Morgan fingerprint density at radius 1 is 1.00 bits per heavy atom. The first kappa shape index (κ1) is 21.0. The van der Waals surface area contributed by atoms with Gasteiger partial charge in [-0.2, -0.15) is 0 Å². The van der Waals surface area contributed by atoms with E-state index in [0.29, 0.717) is 34.6 Å². The number of hydrogen-bond acceptors (Lipinski definition) is 4. The van der Waals surface area contributed by atoms with Gasteiger partial charge in [0.05, 0.1) is 18.3 Å². The summed E-state index contributed by atoms with van der Waals surface area (Å²) in [6, 6.07) is 13.5. The van der Waals surface area contributed by atoms with Crippen LogP contribution < -0.4 is 15.8 Å². The van der Waals surface area contributed by atoms with Crippen molar-refractivity contribution in [1.82, 2.24) is 14.9 Å². The molecule has 1 aliphatic rings. The maximum atomic E-state index is 13.1. The highest BCUT2D eigenvalue weighted by atomic mass is 16.5. The molecule has 4 aromatic rings. The molecule has 1 aliphatic heterocycles. The third-order valence-electron chi connectivity index (χ3n) is 6.14. The number of fused-ring (bicyclic) bond motifs is 2. The molecule has 7 heteroatoms. The standard InChI is InChI=1S/C26H26N4O3/c1-26(2,27)10-11-30-14-19(17-12-15(33-3)8-9-21(17)30)23-22(24(31)29-25(23)32)18-13-28-20-7-5-4-6-16(18)20/h4-9,12-14,28H,10-11,27H2,1-3H3,(H,29,31,32). The SMILES string of the molecule is COc1ccc2c(c1)c(C1=C(c3c[nH]c4ccccc34)C(=O)NC1=O)cn2CCC(C)(C)N. The van der Waals surface area contributed by atoms with Crippen LogP contribution in [0.25, 0.3) is 33.0 Å². The highest BCUT2D eigenvalue weighted by Gasteiger charge is 2.35.